The number of hydrogen-bond donors (Lipinski definition) is 2. The minimum absolute atomic E-state index is 0.122. The number of nitrogens with zero attached hydrogens (tertiary/aromatic N) is 1. The van der Waals surface area contributed by atoms with Gasteiger partial charge in [0.15, 0.2) is 11.5 Å². The van der Waals surface area contributed by atoms with Gasteiger partial charge < -0.3 is 15.0 Å². The molecule has 0 saturated carbocycles. The summed E-state index contributed by atoms with van der Waals surface area (Å²) in [5.74, 6) is 1.19. The zero-order valence-corrected chi connectivity index (χ0v) is 20.2. The minimum Gasteiger partial charge on any atom is -0.468 e. The van der Waals surface area contributed by atoms with Crippen molar-refractivity contribution in [2.45, 2.75) is 32.8 Å². The molecule has 6 nitrogen and oxygen atoms in total. The lowest BCUT2D eigenvalue weighted by Gasteiger charge is -2.32. The van der Waals surface area contributed by atoms with Crippen LogP contribution in [0.4, 0.5) is 5.69 Å². The van der Waals surface area contributed by atoms with E-state index in [9.17, 15) is 9.59 Å². The monoisotopic (exact) mass is 468 g/mol. The highest BCUT2D eigenvalue weighted by Gasteiger charge is 2.46. The van der Waals surface area contributed by atoms with Crippen LogP contribution >= 0.6 is 0 Å². The molecule has 1 fully saturated rings. The summed E-state index contributed by atoms with van der Waals surface area (Å²) < 4.78 is 6.33. The number of fused-ring (bicyclic) bond motifs is 4. The van der Waals surface area contributed by atoms with Crippen molar-refractivity contribution in [2.24, 2.45) is 5.92 Å². The first kappa shape index (κ1) is 22.0. The summed E-state index contributed by atoms with van der Waals surface area (Å²) in [5, 5.41) is 3.50. The van der Waals surface area contributed by atoms with E-state index in [1.807, 2.05) is 37.3 Å². The molecule has 178 valence electrons. The fourth-order valence-electron chi connectivity index (χ4n) is 5.69. The van der Waals surface area contributed by atoms with Gasteiger partial charge in [-0.25, -0.2) is 4.99 Å². The average Bonchev–Trinajstić information content (AvgIpc) is 2.85. The number of rotatable bonds is 4. The summed E-state index contributed by atoms with van der Waals surface area (Å²) >= 11 is 0. The van der Waals surface area contributed by atoms with Gasteiger partial charge in [-0.2, -0.15) is 0 Å². The number of aryl methyl sites for hydroxylation is 1. The standard InChI is InChI=1S/C29H29N3O3/c1-17-9-10-23-21(14-17)31-27-24(35-23)15-22(30-11-13-32-12-5-6-18(2)16-32)25-26(27)29(34)20-8-4-3-7-19(20)28(25)33/h3-4,7-10,14-15,18,24,30H,5-6,11-13,16H2,1-2H3/p+1/t18-,24?/m0/s1. The van der Waals surface area contributed by atoms with E-state index in [2.05, 4.69) is 22.1 Å². The lowest BCUT2D eigenvalue weighted by molar-refractivity contribution is -0.363. The molecule has 2 N–H and O–H groups in total. The Morgan fingerprint density at radius 2 is 1.86 bits per heavy atom. The van der Waals surface area contributed by atoms with Gasteiger partial charge in [-0.3, -0.25) is 9.59 Å². The summed E-state index contributed by atoms with van der Waals surface area (Å²) in [5.41, 5.74) is 4.99. The molecule has 2 aliphatic heterocycles. The highest BCUT2D eigenvalue weighted by atomic mass is 16.5. The van der Waals surface area contributed by atoms with Crippen LogP contribution in [-0.4, -0.2) is 54.5 Å². The molecule has 4 aliphatic rings. The quantitative estimate of drug-likeness (QED) is 0.722. The van der Waals surface area contributed by atoms with E-state index in [0.717, 1.165) is 36.6 Å². The molecule has 0 spiro atoms. The van der Waals surface area contributed by atoms with Crippen LogP contribution in [0.25, 0.3) is 0 Å². The molecule has 0 amide bonds. The molecular weight excluding hydrogens is 438 g/mol. The van der Waals surface area contributed by atoms with E-state index in [1.54, 1.807) is 18.2 Å². The van der Waals surface area contributed by atoms with Gasteiger partial charge in [0.05, 0.1) is 5.57 Å². The fourth-order valence-corrected chi connectivity index (χ4v) is 5.69. The van der Waals surface area contributed by atoms with Gasteiger partial charge in [0, 0.05) is 42.5 Å². The van der Waals surface area contributed by atoms with Crippen LogP contribution in [-0.2, 0) is 0 Å². The van der Waals surface area contributed by atoms with Crippen LogP contribution in [0.2, 0.25) is 0 Å². The molecule has 6 heteroatoms. The fraction of sp³-hybridized carbons (Fsp3) is 0.345. The van der Waals surface area contributed by atoms with E-state index in [-0.39, 0.29) is 11.6 Å². The summed E-state index contributed by atoms with van der Waals surface area (Å²) in [4.78, 5) is 33.4. The van der Waals surface area contributed by atoms with E-state index in [4.69, 9.17) is 4.74 Å². The third-order valence-electron chi connectivity index (χ3n) is 7.40. The second-order valence-electron chi connectivity index (χ2n) is 10.1. The molecule has 0 radical (unpaired) electrons. The predicted octanol–water partition coefficient (Wildman–Crippen LogP) is 2.50. The normalized spacial score (nSPS) is 23.4. The lowest BCUT2D eigenvalue weighted by atomic mass is 9.76. The molecule has 35 heavy (non-hydrogen) atoms. The Kier molecular flexibility index (Phi) is 5.41. The van der Waals surface area contributed by atoms with Crippen molar-refractivity contribution in [2.75, 3.05) is 26.2 Å². The number of likely N-dealkylation sites (tertiary alicyclic amines) is 1. The molecule has 2 aliphatic carbocycles. The Morgan fingerprint density at radius 3 is 2.63 bits per heavy atom. The first-order valence-corrected chi connectivity index (χ1v) is 12.5. The van der Waals surface area contributed by atoms with E-state index in [0.29, 0.717) is 46.1 Å². The Morgan fingerprint density at radius 1 is 1.09 bits per heavy atom. The molecule has 1 unspecified atom stereocenters. The highest BCUT2D eigenvalue weighted by molar-refractivity contribution is 6.39. The van der Waals surface area contributed by atoms with Crippen LogP contribution < -0.4 is 15.0 Å². The van der Waals surface area contributed by atoms with Crippen molar-refractivity contribution in [3.63, 3.8) is 0 Å². The number of carbonyl (C=O) groups is 2. The molecule has 2 heterocycles. The van der Waals surface area contributed by atoms with Crippen molar-refractivity contribution in [3.8, 4) is 5.75 Å². The number of allylic oxidation sites excluding steroid dienone is 1. The van der Waals surface area contributed by atoms with E-state index in [1.165, 1.54) is 12.8 Å². The number of piperidine rings is 1. The van der Waals surface area contributed by atoms with Crippen LogP contribution in [0.3, 0.4) is 0 Å². The second kappa shape index (κ2) is 8.61. The second-order valence-corrected chi connectivity index (χ2v) is 10.1. The minimum atomic E-state index is -0.469. The topological polar surface area (TPSA) is 72.6 Å². The maximum atomic E-state index is 13.7. The van der Waals surface area contributed by atoms with Gasteiger partial charge in [0.1, 0.15) is 5.57 Å². The molecule has 1 saturated heterocycles. The highest BCUT2D eigenvalue weighted by Crippen LogP contribution is 2.36. The maximum Gasteiger partial charge on any atom is 0.246 e. The molecule has 0 bridgehead atoms. The average molecular weight is 469 g/mol. The number of ether oxygens (including phenoxy) is 1. The summed E-state index contributed by atoms with van der Waals surface area (Å²) in [7, 11) is 0. The van der Waals surface area contributed by atoms with Gasteiger partial charge >= 0.3 is 0 Å². The number of benzene rings is 2. The molecule has 0 aromatic heterocycles. The van der Waals surface area contributed by atoms with E-state index < -0.39 is 6.10 Å². The van der Waals surface area contributed by atoms with Gasteiger partial charge in [0.2, 0.25) is 23.3 Å². The zero-order valence-electron chi connectivity index (χ0n) is 20.2. The van der Waals surface area contributed by atoms with Crippen molar-refractivity contribution in [1.29, 1.82) is 0 Å². The van der Waals surface area contributed by atoms with Gasteiger partial charge in [-0.05, 0) is 49.9 Å². The predicted molar refractivity (Wildman–Crippen MR) is 134 cm³/mol. The molecule has 6 rings (SSSR count). The Bertz CT molecular complexity index is 1340. The van der Waals surface area contributed by atoms with Crippen molar-refractivity contribution < 1.29 is 19.3 Å². The van der Waals surface area contributed by atoms with Crippen LogP contribution in [0, 0.1) is 12.8 Å². The number of nitrogens with one attached hydrogen (secondary N) is 2. The van der Waals surface area contributed by atoms with Crippen LogP contribution in [0.1, 0.15) is 46.0 Å². The Hall–Kier alpha value is -3.51. The molecule has 2 atom stereocenters. The smallest absolute Gasteiger partial charge is 0.246 e. The Labute approximate surface area is 205 Å². The lowest BCUT2D eigenvalue weighted by Crippen LogP contribution is -2.73. The van der Waals surface area contributed by atoms with Crippen LogP contribution in [0.15, 0.2) is 65.4 Å². The summed E-state index contributed by atoms with van der Waals surface area (Å²) in [6.07, 6.45) is 3.99. The van der Waals surface area contributed by atoms with Gasteiger partial charge in [0.25, 0.3) is 0 Å². The number of hydrogen-bond acceptors (Lipinski definition) is 5. The van der Waals surface area contributed by atoms with E-state index >= 15 is 0 Å². The first-order valence-electron chi connectivity index (χ1n) is 12.5. The number of carbonyl (C=O) groups excluding carboxylic acids is 2. The summed E-state index contributed by atoms with van der Waals surface area (Å²) in [6.45, 7) is 8.11. The van der Waals surface area contributed by atoms with Crippen molar-refractivity contribution in [1.82, 2.24) is 10.2 Å². The number of ketones is 2. The SMILES string of the molecule is Cc1ccc2c(c1)[NH+]=C1C3=C(C(=O)c4ccccc4C3=O)C(NCCN3CCC[C@H](C)C3)=CC1O2. The van der Waals surface area contributed by atoms with Crippen molar-refractivity contribution in [3.05, 3.63) is 82.1 Å². The summed E-state index contributed by atoms with van der Waals surface area (Å²) in [6, 6.07) is 13.0. The van der Waals surface area contributed by atoms with Gasteiger partial charge in [-0.1, -0.05) is 37.3 Å². The maximum absolute atomic E-state index is 13.7. The molecular formula is C29H30N3O3+. The third-order valence-corrected chi connectivity index (χ3v) is 7.40. The largest absolute Gasteiger partial charge is 0.468 e. The van der Waals surface area contributed by atoms with Crippen LogP contribution in [0.5, 0.6) is 5.75 Å². The van der Waals surface area contributed by atoms with Gasteiger partial charge in [-0.15, -0.1) is 0 Å². The first-order chi connectivity index (χ1) is 17.0. The third kappa shape index (κ3) is 3.82. The van der Waals surface area contributed by atoms with Crippen molar-refractivity contribution >= 4 is 23.0 Å². The molecule has 2 aromatic carbocycles. The Balaban J connectivity index is 1.38. The molecule has 2 aromatic rings. The zero-order chi connectivity index (χ0) is 24.1. The number of Topliss-reactive ketones (excluding diaryl/α,β-unsaturated/α-hetero) is 2.